The molecule has 0 saturated heterocycles. The van der Waals surface area contributed by atoms with Crippen molar-refractivity contribution in [3.05, 3.63) is 34.3 Å². The highest BCUT2D eigenvalue weighted by Gasteiger charge is 2.39. The lowest BCUT2D eigenvalue weighted by Crippen LogP contribution is -2.40. The molecule has 0 aromatic heterocycles. The number of imide groups is 1. The number of carbonyl (C=O) groups is 4. The van der Waals surface area contributed by atoms with Crippen LogP contribution in [0.15, 0.2) is 18.2 Å². The Hall–Kier alpha value is -2.21. The summed E-state index contributed by atoms with van der Waals surface area (Å²) in [4.78, 5) is 48.3. The van der Waals surface area contributed by atoms with Gasteiger partial charge in [-0.2, -0.15) is 0 Å². The zero-order valence-electron chi connectivity index (χ0n) is 11.4. The number of hydrogen-bond acceptors (Lipinski definition) is 5. The third-order valence-electron chi connectivity index (χ3n) is 3.27. The van der Waals surface area contributed by atoms with Crippen LogP contribution in [0.3, 0.4) is 0 Å². The number of halogens is 1. The predicted octanol–water partition coefficient (Wildman–Crippen LogP) is 1.31. The van der Waals surface area contributed by atoms with Gasteiger partial charge in [0, 0.05) is 11.6 Å². The molecule has 2 rings (SSSR count). The number of carbonyl (C=O) groups excluding carboxylic acids is 4. The molecular weight excluding hydrogens is 298 g/mol. The number of amides is 2. The number of rotatable bonds is 4. The summed E-state index contributed by atoms with van der Waals surface area (Å²) in [6, 6.07) is 4.33. The van der Waals surface area contributed by atoms with Gasteiger partial charge < -0.3 is 4.74 Å². The Morgan fingerprint density at radius 1 is 1.24 bits per heavy atom. The summed E-state index contributed by atoms with van der Waals surface area (Å²) in [5.74, 6) is -3.57. The average Bonchev–Trinajstić information content (AvgIpc) is 2.67. The van der Waals surface area contributed by atoms with Crippen LogP contribution < -0.4 is 0 Å². The molecule has 1 unspecified atom stereocenters. The van der Waals surface area contributed by atoms with E-state index in [1.165, 1.54) is 25.1 Å². The lowest BCUT2D eigenvalue weighted by molar-refractivity contribution is -0.149. The quantitative estimate of drug-likeness (QED) is 0.476. The van der Waals surface area contributed by atoms with E-state index in [9.17, 15) is 19.2 Å². The van der Waals surface area contributed by atoms with Gasteiger partial charge in [-0.15, -0.1) is 0 Å². The SMILES string of the molecule is COC(=O)C(CN1C(=O)c2ccc(Cl)cc2C1=O)C(C)=O. The Morgan fingerprint density at radius 3 is 2.43 bits per heavy atom. The molecule has 1 aliphatic rings. The standard InChI is InChI=1S/C14H12ClNO5/c1-7(17)11(14(20)21-2)6-16-12(18)9-4-3-8(15)5-10(9)13(16)19/h3-5,11H,6H2,1-2H3. The van der Waals surface area contributed by atoms with Crippen LogP contribution >= 0.6 is 11.6 Å². The van der Waals surface area contributed by atoms with Crippen molar-refractivity contribution in [1.29, 1.82) is 0 Å². The predicted molar refractivity (Wildman–Crippen MR) is 73.0 cm³/mol. The Balaban J connectivity index is 2.31. The van der Waals surface area contributed by atoms with Gasteiger partial charge in [0.25, 0.3) is 11.8 Å². The highest BCUT2D eigenvalue weighted by Crippen LogP contribution is 2.26. The van der Waals surface area contributed by atoms with Crippen molar-refractivity contribution < 1.29 is 23.9 Å². The maximum absolute atomic E-state index is 12.2. The molecule has 1 atom stereocenters. The Kier molecular flexibility index (Phi) is 4.09. The Bertz CT molecular complexity index is 655. The van der Waals surface area contributed by atoms with Crippen LogP contribution in [-0.2, 0) is 14.3 Å². The van der Waals surface area contributed by atoms with Gasteiger partial charge in [0.15, 0.2) is 0 Å². The van der Waals surface area contributed by atoms with Crippen LogP contribution in [0.2, 0.25) is 5.02 Å². The molecule has 0 spiro atoms. The average molecular weight is 310 g/mol. The van der Waals surface area contributed by atoms with Crippen molar-refractivity contribution in [2.45, 2.75) is 6.92 Å². The van der Waals surface area contributed by atoms with Gasteiger partial charge in [-0.05, 0) is 25.1 Å². The summed E-state index contributed by atoms with van der Waals surface area (Å²) in [7, 11) is 1.14. The minimum absolute atomic E-state index is 0.166. The molecule has 0 radical (unpaired) electrons. The highest BCUT2D eigenvalue weighted by molar-refractivity contribution is 6.32. The maximum Gasteiger partial charge on any atom is 0.318 e. The highest BCUT2D eigenvalue weighted by atomic mass is 35.5. The summed E-state index contributed by atoms with van der Waals surface area (Å²) >= 11 is 5.80. The molecule has 0 aliphatic carbocycles. The monoisotopic (exact) mass is 309 g/mol. The molecule has 21 heavy (non-hydrogen) atoms. The van der Waals surface area contributed by atoms with Crippen LogP contribution in [0.4, 0.5) is 0 Å². The minimum Gasteiger partial charge on any atom is -0.468 e. The van der Waals surface area contributed by atoms with E-state index in [2.05, 4.69) is 4.74 Å². The molecule has 7 heteroatoms. The van der Waals surface area contributed by atoms with E-state index >= 15 is 0 Å². The maximum atomic E-state index is 12.2. The summed E-state index contributed by atoms with van der Waals surface area (Å²) in [5.41, 5.74) is 0.372. The topological polar surface area (TPSA) is 80.8 Å². The van der Waals surface area contributed by atoms with Crippen LogP contribution in [0.5, 0.6) is 0 Å². The first-order valence-corrected chi connectivity index (χ1v) is 6.48. The first-order valence-electron chi connectivity index (χ1n) is 6.10. The number of nitrogens with zero attached hydrogens (tertiary/aromatic N) is 1. The van der Waals surface area contributed by atoms with Gasteiger partial charge in [-0.3, -0.25) is 24.1 Å². The van der Waals surface area contributed by atoms with Crippen molar-refractivity contribution in [1.82, 2.24) is 4.90 Å². The van der Waals surface area contributed by atoms with Crippen molar-refractivity contribution in [3.63, 3.8) is 0 Å². The molecule has 0 saturated carbocycles. The van der Waals surface area contributed by atoms with Crippen LogP contribution in [0.25, 0.3) is 0 Å². The van der Waals surface area contributed by atoms with Gasteiger partial charge in [0.2, 0.25) is 0 Å². The molecule has 110 valence electrons. The third-order valence-corrected chi connectivity index (χ3v) is 3.51. The molecule has 6 nitrogen and oxygen atoms in total. The molecule has 1 aliphatic heterocycles. The fourth-order valence-electron chi connectivity index (χ4n) is 2.12. The Labute approximate surface area is 125 Å². The number of ether oxygens (including phenoxy) is 1. The number of fused-ring (bicyclic) bond motifs is 1. The van der Waals surface area contributed by atoms with Gasteiger partial charge in [0.1, 0.15) is 11.7 Å². The van der Waals surface area contributed by atoms with Gasteiger partial charge in [-0.1, -0.05) is 11.6 Å². The molecule has 1 aromatic rings. The van der Waals surface area contributed by atoms with Crippen molar-refractivity contribution in [3.8, 4) is 0 Å². The fraction of sp³-hybridized carbons (Fsp3) is 0.286. The Morgan fingerprint density at radius 2 is 1.86 bits per heavy atom. The number of ketones is 1. The second-order valence-electron chi connectivity index (χ2n) is 4.60. The van der Waals surface area contributed by atoms with Crippen LogP contribution in [-0.4, -0.2) is 42.1 Å². The first kappa shape index (κ1) is 15.2. The first-order chi connectivity index (χ1) is 9.86. The van der Waals surface area contributed by atoms with Gasteiger partial charge in [-0.25, -0.2) is 0 Å². The molecular formula is C14H12ClNO5. The lowest BCUT2D eigenvalue weighted by atomic mass is 10.1. The van der Waals surface area contributed by atoms with E-state index in [-0.39, 0.29) is 17.7 Å². The molecule has 2 amide bonds. The molecule has 0 bridgehead atoms. The number of hydrogen-bond donors (Lipinski definition) is 0. The van der Waals surface area contributed by atoms with Crippen molar-refractivity contribution in [2.24, 2.45) is 5.92 Å². The van der Waals surface area contributed by atoms with E-state index in [4.69, 9.17) is 11.6 Å². The third kappa shape index (κ3) is 2.67. The second kappa shape index (κ2) is 5.65. The number of benzene rings is 1. The van der Waals surface area contributed by atoms with E-state index in [1.54, 1.807) is 0 Å². The van der Waals surface area contributed by atoms with Crippen molar-refractivity contribution >= 4 is 35.2 Å². The van der Waals surface area contributed by atoms with Gasteiger partial charge >= 0.3 is 5.97 Å². The van der Waals surface area contributed by atoms with E-state index in [1.807, 2.05) is 0 Å². The number of esters is 1. The summed E-state index contributed by atoms with van der Waals surface area (Å²) < 4.78 is 4.52. The van der Waals surface area contributed by atoms with E-state index < -0.39 is 29.5 Å². The van der Waals surface area contributed by atoms with Crippen molar-refractivity contribution in [2.75, 3.05) is 13.7 Å². The molecule has 1 heterocycles. The summed E-state index contributed by atoms with van der Waals surface area (Å²) in [6.45, 7) is 0.864. The zero-order chi connectivity index (χ0) is 15.7. The number of methoxy groups -OCH3 is 1. The minimum atomic E-state index is -1.19. The van der Waals surface area contributed by atoms with E-state index in [0.717, 1.165) is 12.0 Å². The van der Waals surface area contributed by atoms with Gasteiger partial charge in [0.05, 0.1) is 18.2 Å². The fourth-order valence-corrected chi connectivity index (χ4v) is 2.29. The normalized spacial score (nSPS) is 14.9. The molecule has 1 aromatic carbocycles. The lowest BCUT2D eigenvalue weighted by Gasteiger charge is -2.18. The second-order valence-corrected chi connectivity index (χ2v) is 5.03. The van der Waals surface area contributed by atoms with Crippen LogP contribution in [0.1, 0.15) is 27.6 Å². The molecule has 0 N–H and O–H groups in total. The summed E-state index contributed by atoms with van der Waals surface area (Å²) in [5, 5.41) is 0.327. The van der Waals surface area contributed by atoms with Crippen LogP contribution in [0, 0.1) is 5.92 Å². The largest absolute Gasteiger partial charge is 0.468 e. The van der Waals surface area contributed by atoms with E-state index in [0.29, 0.717) is 5.02 Å². The zero-order valence-corrected chi connectivity index (χ0v) is 12.1. The smallest absolute Gasteiger partial charge is 0.318 e. The summed E-state index contributed by atoms with van der Waals surface area (Å²) in [6.07, 6.45) is 0. The molecule has 0 fully saturated rings. The number of Topliss-reactive ketones (excluding diaryl/α,β-unsaturated/α-hetero) is 1.